The van der Waals surface area contributed by atoms with Gasteiger partial charge in [0.25, 0.3) is 5.91 Å². The number of benzene rings is 1. The lowest BCUT2D eigenvalue weighted by Gasteiger charge is -2.38. The molecule has 0 spiro atoms. The van der Waals surface area contributed by atoms with Crippen LogP contribution in [0.4, 0.5) is 4.39 Å². The zero-order chi connectivity index (χ0) is 17.5. The molecule has 1 aromatic rings. The highest BCUT2D eigenvalue weighted by molar-refractivity contribution is 5.99. The van der Waals surface area contributed by atoms with Gasteiger partial charge in [0.2, 0.25) is 5.91 Å². The number of carbonyl (C=O) groups excluding carboxylic acids is 2. The fraction of sp³-hybridized carbons (Fsp3) is 0.579. The summed E-state index contributed by atoms with van der Waals surface area (Å²) in [6.45, 7) is 5.21. The zero-order valence-electron chi connectivity index (χ0n) is 14.3. The predicted octanol–water partition coefficient (Wildman–Crippen LogP) is 3.26. The van der Waals surface area contributed by atoms with Gasteiger partial charge in [0.15, 0.2) is 0 Å². The Bertz CT molecular complexity index is 676. The smallest absolute Gasteiger partial charge is 0.254 e. The molecule has 2 aliphatic carbocycles. The van der Waals surface area contributed by atoms with Crippen molar-refractivity contribution >= 4 is 11.8 Å². The Balaban J connectivity index is 1.65. The van der Waals surface area contributed by atoms with Crippen LogP contribution in [0.1, 0.15) is 66.7 Å². The Morgan fingerprint density at radius 1 is 1.29 bits per heavy atom. The van der Waals surface area contributed by atoms with Gasteiger partial charge in [-0.3, -0.25) is 9.59 Å². The molecule has 3 N–H and O–H groups in total. The minimum atomic E-state index is -0.673. The maximum atomic E-state index is 13.9. The lowest BCUT2D eigenvalue weighted by molar-refractivity contribution is 0.0904. The molecule has 0 saturated heterocycles. The summed E-state index contributed by atoms with van der Waals surface area (Å²) in [5.41, 5.74) is 5.81. The van der Waals surface area contributed by atoms with Crippen molar-refractivity contribution in [2.24, 2.45) is 22.5 Å². The molecule has 0 aromatic heterocycles. The summed E-state index contributed by atoms with van der Waals surface area (Å²) in [5.74, 6) is -1.01. The second-order valence-electron chi connectivity index (χ2n) is 7.84. The lowest BCUT2D eigenvalue weighted by Crippen LogP contribution is -2.35. The fourth-order valence-electron chi connectivity index (χ4n) is 4.90. The molecule has 2 amide bonds. The average molecular weight is 332 g/mol. The number of rotatable bonds is 5. The molecule has 0 heterocycles. The van der Waals surface area contributed by atoms with E-state index in [4.69, 9.17) is 5.73 Å². The minimum absolute atomic E-state index is 0.126. The van der Waals surface area contributed by atoms with Gasteiger partial charge >= 0.3 is 0 Å². The number of nitrogens with one attached hydrogen (secondary N) is 1. The molecular weight excluding hydrogens is 307 g/mol. The summed E-state index contributed by atoms with van der Waals surface area (Å²) >= 11 is 0. The third-order valence-corrected chi connectivity index (χ3v) is 6.71. The van der Waals surface area contributed by atoms with E-state index in [0.717, 1.165) is 18.4 Å². The van der Waals surface area contributed by atoms with Crippen molar-refractivity contribution in [3.05, 3.63) is 35.1 Å². The highest BCUT2D eigenvalue weighted by atomic mass is 19.1. The standard InChI is InChI=1S/C19H25FN2O2/c1-18(2)13-5-7-19(18,8-6-13)9-10-22-17(24)14-11-12(16(21)23)3-4-15(14)20/h3-4,11,13H,5-10H2,1-2H3,(H2,21,23)(H,22,24). The van der Waals surface area contributed by atoms with Crippen LogP contribution in [-0.4, -0.2) is 18.4 Å². The number of carbonyl (C=O) groups is 2. The van der Waals surface area contributed by atoms with Crippen LogP contribution >= 0.6 is 0 Å². The molecule has 130 valence electrons. The highest BCUT2D eigenvalue weighted by Gasteiger charge is 2.57. The van der Waals surface area contributed by atoms with Gasteiger partial charge < -0.3 is 11.1 Å². The second kappa shape index (κ2) is 5.87. The van der Waals surface area contributed by atoms with E-state index >= 15 is 0 Å². The van der Waals surface area contributed by atoms with Crippen LogP contribution in [0.2, 0.25) is 0 Å². The van der Waals surface area contributed by atoms with Gasteiger partial charge in [0.05, 0.1) is 5.56 Å². The summed E-state index contributed by atoms with van der Waals surface area (Å²) in [6.07, 6.45) is 5.89. The molecule has 0 atom stereocenters. The van der Waals surface area contributed by atoms with E-state index in [2.05, 4.69) is 19.2 Å². The van der Waals surface area contributed by atoms with Crippen molar-refractivity contribution in [1.82, 2.24) is 5.32 Å². The first kappa shape index (κ1) is 16.9. The van der Waals surface area contributed by atoms with Gasteiger partial charge in [0, 0.05) is 12.1 Å². The van der Waals surface area contributed by atoms with Gasteiger partial charge in [0.1, 0.15) is 5.82 Å². The van der Waals surface area contributed by atoms with Gasteiger partial charge in [-0.1, -0.05) is 13.8 Å². The Morgan fingerprint density at radius 2 is 1.96 bits per heavy atom. The number of hydrogen-bond acceptors (Lipinski definition) is 2. The molecule has 2 bridgehead atoms. The van der Waals surface area contributed by atoms with Crippen LogP contribution in [0.5, 0.6) is 0 Å². The van der Waals surface area contributed by atoms with Crippen molar-refractivity contribution in [1.29, 1.82) is 0 Å². The molecule has 0 radical (unpaired) electrons. The maximum Gasteiger partial charge on any atom is 0.254 e. The van der Waals surface area contributed by atoms with Crippen molar-refractivity contribution in [3.8, 4) is 0 Å². The number of nitrogens with two attached hydrogens (primary N) is 1. The molecule has 1 aromatic carbocycles. The van der Waals surface area contributed by atoms with Crippen molar-refractivity contribution in [3.63, 3.8) is 0 Å². The third kappa shape index (κ3) is 2.60. The maximum absolute atomic E-state index is 13.9. The molecule has 2 saturated carbocycles. The van der Waals surface area contributed by atoms with E-state index in [9.17, 15) is 14.0 Å². The number of halogens is 1. The molecule has 5 heteroatoms. The molecule has 24 heavy (non-hydrogen) atoms. The second-order valence-corrected chi connectivity index (χ2v) is 7.84. The van der Waals surface area contributed by atoms with Crippen molar-refractivity contribution < 1.29 is 14.0 Å². The quantitative estimate of drug-likeness (QED) is 0.868. The predicted molar refractivity (Wildman–Crippen MR) is 90.0 cm³/mol. The summed E-state index contributed by atoms with van der Waals surface area (Å²) < 4.78 is 13.9. The Labute approximate surface area is 142 Å². The van der Waals surface area contributed by atoms with Crippen LogP contribution in [0.25, 0.3) is 0 Å². The number of primary amides is 1. The summed E-state index contributed by atoms with van der Waals surface area (Å²) in [6, 6.07) is 3.61. The highest BCUT2D eigenvalue weighted by Crippen LogP contribution is 2.67. The molecule has 2 fully saturated rings. The Morgan fingerprint density at radius 3 is 2.50 bits per heavy atom. The first-order valence-corrected chi connectivity index (χ1v) is 8.64. The number of fused-ring (bicyclic) bond motifs is 2. The molecule has 0 aliphatic heterocycles. The van der Waals surface area contributed by atoms with Crippen molar-refractivity contribution in [2.75, 3.05) is 6.54 Å². The number of amides is 2. The fourth-order valence-corrected chi connectivity index (χ4v) is 4.90. The molecule has 0 unspecified atom stereocenters. The van der Waals surface area contributed by atoms with Crippen LogP contribution in [-0.2, 0) is 0 Å². The molecule has 3 rings (SSSR count). The minimum Gasteiger partial charge on any atom is -0.366 e. The SMILES string of the molecule is CC1(C)C2CCC1(CCNC(=O)c1cc(C(N)=O)ccc1F)CC2. The van der Waals surface area contributed by atoms with Gasteiger partial charge in [-0.2, -0.15) is 0 Å². The van der Waals surface area contributed by atoms with E-state index in [1.807, 2.05) is 0 Å². The molecule has 4 nitrogen and oxygen atoms in total. The normalized spacial score (nSPS) is 27.2. The summed E-state index contributed by atoms with van der Waals surface area (Å²) in [4.78, 5) is 23.5. The van der Waals surface area contributed by atoms with E-state index in [1.165, 1.54) is 37.8 Å². The van der Waals surface area contributed by atoms with E-state index in [1.54, 1.807) is 0 Å². The first-order chi connectivity index (χ1) is 11.3. The zero-order valence-corrected chi connectivity index (χ0v) is 14.3. The van der Waals surface area contributed by atoms with E-state index in [0.29, 0.717) is 17.4 Å². The first-order valence-electron chi connectivity index (χ1n) is 8.64. The largest absolute Gasteiger partial charge is 0.366 e. The van der Waals surface area contributed by atoms with Gasteiger partial charge in [-0.25, -0.2) is 4.39 Å². The van der Waals surface area contributed by atoms with Crippen LogP contribution < -0.4 is 11.1 Å². The summed E-state index contributed by atoms with van der Waals surface area (Å²) in [7, 11) is 0. The molecular formula is C19H25FN2O2. The average Bonchev–Trinajstić information content (AvgIpc) is 2.92. The molecule has 2 aliphatic rings. The number of hydrogen-bond donors (Lipinski definition) is 2. The van der Waals surface area contributed by atoms with E-state index < -0.39 is 17.6 Å². The lowest BCUT2D eigenvalue weighted by atomic mass is 9.67. The third-order valence-electron chi connectivity index (χ3n) is 6.71. The summed E-state index contributed by atoms with van der Waals surface area (Å²) in [5, 5.41) is 2.82. The van der Waals surface area contributed by atoms with Crippen LogP contribution in [0, 0.1) is 22.6 Å². The monoisotopic (exact) mass is 332 g/mol. The Hall–Kier alpha value is -1.91. The van der Waals surface area contributed by atoms with Gasteiger partial charge in [-0.15, -0.1) is 0 Å². The topological polar surface area (TPSA) is 72.2 Å². The van der Waals surface area contributed by atoms with Gasteiger partial charge in [-0.05, 0) is 67.1 Å². The van der Waals surface area contributed by atoms with Crippen molar-refractivity contribution in [2.45, 2.75) is 46.0 Å². The van der Waals surface area contributed by atoms with Crippen LogP contribution in [0.3, 0.4) is 0 Å². The van der Waals surface area contributed by atoms with E-state index in [-0.39, 0.29) is 11.1 Å². The van der Waals surface area contributed by atoms with Crippen LogP contribution in [0.15, 0.2) is 18.2 Å². The Kier molecular flexibility index (Phi) is 4.14.